The second kappa shape index (κ2) is 7.79. The van der Waals surface area contributed by atoms with Gasteiger partial charge in [-0.1, -0.05) is 23.7 Å². The number of anilines is 1. The number of ether oxygens (including phenoxy) is 1. The topological polar surface area (TPSA) is 49.9 Å². The molecular formula is C20H21ClN2O3. The van der Waals surface area contributed by atoms with Gasteiger partial charge in [-0.05, 0) is 55.8 Å². The Morgan fingerprint density at radius 2 is 1.92 bits per heavy atom. The number of halogens is 1. The number of aryl methyl sites for hydroxylation is 1. The number of amides is 2. The molecule has 5 nitrogen and oxygen atoms in total. The van der Waals surface area contributed by atoms with Gasteiger partial charge in [0, 0.05) is 23.8 Å². The third-order valence-electron chi connectivity index (χ3n) is 4.47. The molecule has 0 spiro atoms. The Bertz CT molecular complexity index is 807. The molecule has 1 atom stereocenters. The van der Waals surface area contributed by atoms with Crippen LogP contribution in [0.2, 0.25) is 5.02 Å². The van der Waals surface area contributed by atoms with E-state index in [1.54, 1.807) is 41.0 Å². The highest BCUT2D eigenvalue weighted by Gasteiger charge is 2.35. The minimum absolute atomic E-state index is 0.0818. The molecule has 6 heteroatoms. The molecule has 26 heavy (non-hydrogen) atoms. The number of benzene rings is 2. The van der Waals surface area contributed by atoms with Gasteiger partial charge in [0.25, 0.3) is 5.91 Å². The van der Waals surface area contributed by atoms with Gasteiger partial charge in [-0.25, -0.2) is 0 Å². The van der Waals surface area contributed by atoms with Crippen LogP contribution >= 0.6 is 11.6 Å². The van der Waals surface area contributed by atoms with Crippen LogP contribution in [0.5, 0.6) is 5.75 Å². The number of piperazine rings is 1. The van der Waals surface area contributed by atoms with Crippen LogP contribution in [0.3, 0.4) is 0 Å². The molecule has 0 unspecified atom stereocenters. The smallest absolute Gasteiger partial charge is 0.261 e. The number of carbonyl (C=O) groups is 2. The highest BCUT2D eigenvalue weighted by atomic mass is 35.5. The number of hydrogen-bond donors (Lipinski definition) is 0. The van der Waals surface area contributed by atoms with E-state index in [1.807, 2.05) is 31.2 Å². The predicted molar refractivity (Wildman–Crippen MR) is 102 cm³/mol. The summed E-state index contributed by atoms with van der Waals surface area (Å²) in [5, 5.41) is 0.607. The van der Waals surface area contributed by atoms with Crippen molar-refractivity contribution in [1.82, 2.24) is 4.90 Å². The first-order chi connectivity index (χ1) is 12.5. The molecule has 1 saturated heterocycles. The van der Waals surface area contributed by atoms with E-state index >= 15 is 0 Å². The Morgan fingerprint density at radius 1 is 1.19 bits per heavy atom. The average Bonchev–Trinajstić information content (AvgIpc) is 2.63. The van der Waals surface area contributed by atoms with Gasteiger partial charge in [0.15, 0.2) is 6.61 Å². The standard InChI is InChI=1S/C20H21ClN2O3/c1-14-4-3-5-17(12-14)23-11-10-22(15(2)20(23)25)19(24)13-26-18-8-6-16(21)7-9-18/h3-9,12,15H,10-11,13H2,1-2H3/t15-/m0/s1. The maximum atomic E-state index is 12.7. The van der Waals surface area contributed by atoms with E-state index < -0.39 is 6.04 Å². The van der Waals surface area contributed by atoms with Crippen molar-refractivity contribution in [2.24, 2.45) is 0 Å². The van der Waals surface area contributed by atoms with E-state index in [0.717, 1.165) is 11.3 Å². The molecule has 0 N–H and O–H groups in total. The zero-order chi connectivity index (χ0) is 18.7. The molecule has 0 aliphatic carbocycles. The maximum absolute atomic E-state index is 12.7. The van der Waals surface area contributed by atoms with Crippen LogP contribution in [0, 0.1) is 6.92 Å². The van der Waals surface area contributed by atoms with E-state index in [9.17, 15) is 9.59 Å². The summed E-state index contributed by atoms with van der Waals surface area (Å²) in [6.45, 7) is 4.59. The van der Waals surface area contributed by atoms with E-state index in [2.05, 4.69) is 0 Å². The molecule has 136 valence electrons. The van der Waals surface area contributed by atoms with Crippen LogP contribution in [0.1, 0.15) is 12.5 Å². The van der Waals surface area contributed by atoms with E-state index in [-0.39, 0.29) is 18.4 Å². The number of rotatable bonds is 4. The van der Waals surface area contributed by atoms with Gasteiger partial charge >= 0.3 is 0 Å². The monoisotopic (exact) mass is 372 g/mol. The summed E-state index contributed by atoms with van der Waals surface area (Å²) < 4.78 is 5.51. The Hall–Kier alpha value is -2.53. The predicted octanol–water partition coefficient (Wildman–Crippen LogP) is 3.29. The van der Waals surface area contributed by atoms with Gasteiger partial charge in [0.2, 0.25) is 5.91 Å². The minimum atomic E-state index is -0.523. The molecule has 0 radical (unpaired) electrons. The third-order valence-corrected chi connectivity index (χ3v) is 4.72. The van der Waals surface area contributed by atoms with Crippen molar-refractivity contribution < 1.29 is 14.3 Å². The molecule has 2 aromatic rings. The van der Waals surface area contributed by atoms with Crippen LogP contribution in [-0.4, -0.2) is 42.5 Å². The minimum Gasteiger partial charge on any atom is -0.484 e. The maximum Gasteiger partial charge on any atom is 0.261 e. The Balaban J connectivity index is 1.62. The van der Waals surface area contributed by atoms with Crippen molar-refractivity contribution in [3.05, 3.63) is 59.1 Å². The second-order valence-corrected chi connectivity index (χ2v) is 6.77. The average molecular weight is 373 g/mol. The largest absolute Gasteiger partial charge is 0.484 e. The molecule has 1 fully saturated rings. The summed E-state index contributed by atoms with van der Waals surface area (Å²) in [6, 6.07) is 14.1. The van der Waals surface area contributed by atoms with Crippen molar-refractivity contribution in [2.45, 2.75) is 19.9 Å². The van der Waals surface area contributed by atoms with Crippen molar-refractivity contribution in [3.63, 3.8) is 0 Å². The van der Waals surface area contributed by atoms with Gasteiger partial charge in [-0.2, -0.15) is 0 Å². The highest BCUT2D eigenvalue weighted by Crippen LogP contribution is 2.22. The fourth-order valence-electron chi connectivity index (χ4n) is 3.02. The van der Waals surface area contributed by atoms with Crippen molar-refractivity contribution >= 4 is 29.1 Å². The molecule has 2 aromatic carbocycles. The van der Waals surface area contributed by atoms with E-state index in [4.69, 9.17) is 16.3 Å². The molecule has 1 heterocycles. The molecule has 2 amide bonds. The Kier molecular flexibility index (Phi) is 5.47. The fourth-order valence-corrected chi connectivity index (χ4v) is 3.15. The lowest BCUT2D eigenvalue weighted by Crippen LogP contribution is -2.58. The molecule has 1 aliphatic rings. The molecule has 1 aliphatic heterocycles. The Morgan fingerprint density at radius 3 is 2.62 bits per heavy atom. The lowest BCUT2D eigenvalue weighted by molar-refractivity contribution is -0.142. The molecule has 0 aromatic heterocycles. The zero-order valence-corrected chi connectivity index (χ0v) is 15.6. The summed E-state index contributed by atoms with van der Waals surface area (Å²) in [5.74, 6) is 0.284. The van der Waals surface area contributed by atoms with Gasteiger partial charge in [-0.3, -0.25) is 9.59 Å². The Labute approximate surface area is 158 Å². The zero-order valence-electron chi connectivity index (χ0n) is 14.8. The SMILES string of the molecule is Cc1cccc(N2CCN(C(=O)COc3ccc(Cl)cc3)[C@@H](C)C2=O)c1. The van der Waals surface area contributed by atoms with Gasteiger partial charge in [-0.15, -0.1) is 0 Å². The van der Waals surface area contributed by atoms with Gasteiger partial charge < -0.3 is 14.5 Å². The van der Waals surface area contributed by atoms with Crippen LogP contribution < -0.4 is 9.64 Å². The molecule has 0 bridgehead atoms. The highest BCUT2D eigenvalue weighted by molar-refractivity contribution is 6.30. The summed E-state index contributed by atoms with van der Waals surface area (Å²) in [4.78, 5) is 28.5. The first-order valence-corrected chi connectivity index (χ1v) is 8.89. The lowest BCUT2D eigenvalue weighted by atomic mass is 10.1. The van der Waals surface area contributed by atoms with Gasteiger partial charge in [0.05, 0.1) is 0 Å². The first-order valence-electron chi connectivity index (χ1n) is 8.51. The van der Waals surface area contributed by atoms with Crippen molar-refractivity contribution in [1.29, 1.82) is 0 Å². The van der Waals surface area contributed by atoms with Crippen LogP contribution in [0.4, 0.5) is 5.69 Å². The molecule has 0 saturated carbocycles. The fraction of sp³-hybridized carbons (Fsp3) is 0.300. The second-order valence-electron chi connectivity index (χ2n) is 6.33. The molecular weight excluding hydrogens is 352 g/mol. The number of nitrogens with zero attached hydrogens (tertiary/aromatic N) is 2. The van der Waals surface area contributed by atoms with Crippen LogP contribution in [0.15, 0.2) is 48.5 Å². The number of hydrogen-bond acceptors (Lipinski definition) is 3. The van der Waals surface area contributed by atoms with Crippen LogP contribution in [-0.2, 0) is 9.59 Å². The van der Waals surface area contributed by atoms with Crippen LogP contribution in [0.25, 0.3) is 0 Å². The molecule has 3 rings (SSSR count). The third kappa shape index (κ3) is 3.99. The number of carbonyl (C=O) groups excluding carboxylic acids is 2. The van der Waals surface area contributed by atoms with Crippen molar-refractivity contribution in [3.8, 4) is 5.75 Å². The van der Waals surface area contributed by atoms with Gasteiger partial charge in [0.1, 0.15) is 11.8 Å². The summed E-state index contributed by atoms with van der Waals surface area (Å²) in [5.41, 5.74) is 1.96. The normalized spacial score (nSPS) is 17.3. The van der Waals surface area contributed by atoms with E-state index in [1.165, 1.54) is 0 Å². The lowest BCUT2D eigenvalue weighted by Gasteiger charge is -2.39. The first kappa shape index (κ1) is 18.3. The van der Waals surface area contributed by atoms with E-state index in [0.29, 0.717) is 23.9 Å². The summed E-state index contributed by atoms with van der Waals surface area (Å²) in [7, 11) is 0. The van der Waals surface area contributed by atoms with Crippen molar-refractivity contribution in [2.75, 3.05) is 24.6 Å². The summed E-state index contributed by atoms with van der Waals surface area (Å²) >= 11 is 5.83. The summed E-state index contributed by atoms with van der Waals surface area (Å²) in [6.07, 6.45) is 0. The quantitative estimate of drug-likeness (QED) is 0.827.